The molecule has 9 heteroatoms. The topological polar surface area (TPSA) is 84.3 Å². The third-order valence-corrected chi connectivity index (χ3v) is 5.94. The van der Waals surface area contributed by atoms with Crippen LogP contribution in [0, 0.1) is 0 Å². The van der Waals surface area contributed by atoms with Crippen LogP contribution in [0.4, 0.5) is 5.82 Å². The van der Waals surface area contributed by atoms with Crippen molar-refractivity contribution in [2.45, 2.75) is 6.54 Å². The maximum absolute atomic E-state index is 12.4. The van der Waals surface area contributed by atoms with E-state index in [1.54, 1.807) is 36.0 Å². The molecule has 0 radical (unpaired) electrons. The molecule has 7 nitrogen and oxygen atoms in total. The molecule has 1 aliphatic heterocycles. The highest BCUT2D eigenvalue weighted by atomic mass is 35.5. The molecule has 1 amide bonds. The molecule has 0 unspecified atom stereocenters. The monoisotopic (exact) mass is 382 g/mol. The first-order valence-electron chi connectivity index (χ1n) is 7.85. The lowest BCUT2D eigenvalue weighted by Gasteiger charge is -2.26. The quantitative estimate of drug-likeness (QED) is 0.867. The lowest BCUT2D eigenvalue weighted by molar-refractivity contribution is 0.102. The van der Waals surface area contributed by atoms with Crippen LogP contribution in [0.1, 0.15) is 15.9 Å². The summed E-state index contributed by atoms with van der Waals surface area (Å²) >= 11 is 5.84. The highest BCUT2D eigenvalue weighted by Gasteiger charge is 2.23. The van der Waals surface area contributed by atoms with Gasteiger partial charge < -0.3 is 5.32 Å². The van der Waals surface area contributed by atoms with Gasteiger partial charge in [0.2, 0.25) is 0 Å². The van der Waals surface area contributed by atoms with Crippen LogP contribution in [0.25, 0.3) is 0 Å². The average Bonchev–Trinajstić information content (AvgIpc) is 2.89. The Kier molecular flexibility index (Phi) is 5.12. The van der Waals surface area contributed by atoms with Gasteiger partial charge in [0.05, 0.1) is 11.5 Å². The number of nitrogens with zero attached hydrogens (tertiary/aromatic N) is 3. The number of anilines is 1. The predicted molar refractivity (Wildman–Crippen MR) is 96.5 cm³/mol. The Balaban J connectivity index is 1.70. The number of rotatable bonds is 4. The van der Waals surface area contributed by atoms with E-state index in [0.717, 1.165) is 5.56 Å². The second kappa shape index (κ2) is 7.15. The van der Waals surface area contributed by atoms with E-state index >= 15 is 0 Å². The number of amides is 1. The average molecular weight is 383 g/mol. The Labute approximate surface area is 151 Å². The third kappa shape index (κ3) is 4.59. The Morgan fingerprint density at radius 2 is 1.88 bits per heavy atom. The van der Waals surface area contributed by atoms with Gasteiger partial charge >= 0.3 is 0 Å². The third-order valence-electron chi connectivity index (χ3n) is 4.07. The summed E-state index contributed by atoms with van der Waals surface area (Å²) in [5, 5.41) is 7.68. The smallest absolute Gasteiger partial charge is 0.256 e. The van der Waals surface area contributed by atoms with E-state index in [0.29, 0.717) is 36.0 Å². The molecule has 1 aromatic carbocycles. The highest BCUT2D eigenvalue weighted by molar-refractivity contribution is 7.91. The minimum Gasteiger partial charge on any atom is -0.305 e. The van der Waals surface area contributed by atoms with Crippen molar-refractivity contribution in [2.24, 2.45) is 7.05 Å². The van der Waals surface area contributed by atoms with Crippen LogP contribution >= 0.6 is 11.6 Å². The van der Waals surface area contributed by atoms with Crippen LogP contribution in [0.15, 0.2) is 30.5 Å². The first kappa shape index (κ1) is 17.9. The van der Waals surface area contributed by atoms with E-state index in [4.69, 9.17) is 11.6 Å². The Morgan fingerprint density at radius 1 is 1.24 bits per heavy atom. The van der Waals surface area contributed by atoms with E-state index in [1.165, 1.54) is 0 Å². The molecule has 1 saturated heterocycles. The van der Waals surface area contributed by atoms with E-state index in [-0.39, 0.29) is 17.4 Å². The first-order valence-corrected chi connectivity index (χ1v) is 10.0. The van der Waals surface area contributed by atoms with E-state index in [9.17, 15) is 13.2 Å². The van der Waals surface area contributed by atoms with Gasteiger partial charge in [-0.15, -0.1) is 0 Å². The SMILES string of the molecule is Cn1cc(CN2CCS(=O)(=O)CC2)c(NC(=O)c2ccc(Cl)cc2)n1. The molecule has 0 saturated carbocycles. The lowest BCUT2D eigenvalue weighted by atomic mass is 10.2. The van der Waals surface area contributed by atoms with E-state index in [2.05, 4.69) is 15.3 Å². The van der Waals surface area contributed by atoms with Crippen molar-refractivity contribution >= 4 is 33.2 Å². The maximum Gasteiger partial charge on any atom is 0.256 e. The van der Waals surface area contributed by atoms with Crippen molar-refractivity contribution in [1.82, 2.24) is 14.7 Å². The van der Waals surface area contributed by atoms with Gasteiger partial charge in [-0.1, -0.05) is 11.6 Å². The zero-order chi connectivity index (χ0) is 18.0. The second-order valence-corrected chi connectivity index (χ2v) is 8.81. The summed E-state index contributed by atoms with van der Waals surface area (Å²) in [6.07, 6.45) is 1.83. The molecule has 3 rings (SSSR count). The largest absolute Gasteiger partial charge is 0.305 e. The number of aromatic nitrogens is 2. The summed E-state index contributed by atoms with van der Waals surface area (Å²) < 4.78 is 24.7. The molecule has 1 aliphatic rings. The van der Waals surface area contributed by atoms with Gasteiger partial charge in [-0.05, 0) is 24.3 Å². The molecule has 0 aliphatic carbocycles. The normalized spacial score (nSPS) is 17.4. The van der Waals surface area contributed by atoms with Crippen molar-refractivity contribution in [2.75, 3.05) is 29.9 Å². The molecule has 2 aromatic rings. The second-order valence-electron chi connectivity index (χ2n) is 6.07. The molecule has 134 valence electrons. The molecular formula is C16H19ClN4O3S. The van der Waals surface area contributed by atoms with E-state index < -0.39 is 9.84 Å². The van der Waals surface area contributed by atoms with Crippen molar-refractivity contribution in [3.63, 3.8) is 0 Å². The van der Waals surface area contributed by atoms with Gasteiger partial charge in [0, 0.05) is 49.0 Å². The van der Waals surface area contributed by atoms with E-state index in [1.807, 2.05) is 6.20 Å². The van der Waals surface area contributed by atoms with Crippen LogP contribution in [-0.2, 0) is 23.4 Å². The number of sulfone groups is 1. The van der Waals surface area contributed by atoms with Gasteiger partial charge in [-0.2, -0.15) is 5.10 Å². The standard InChI is InChI=1S/C16H19ClN4O3S/c1-20-10-13(11-21-6-8-25(23,24)9-7-21)15(19-20)18-16(22)12-2-4-14(17)5-3-12/h2-5,10H,6-9,11H2,1H3,(H,18,19,22). The molecular weight excluding hydrogens is 364 g/mol. The Morgan fingerprint density at radius 3 is 2.52 bits per heavy atom. The number of aryl methyl sites for hydroxylation is 1. The number of hydrogen-bond donors (Lipinski definition) is 1. The van der Waals surface area contributed by atoms with Crippen molar-refractivity contribution in [1.29, 1.82) is 0 Å². The number of halogens is 1. The maximum atomic E-state index is 12.4. The molecule has 1 N–H and O–H groups in total. The Hall–Kier alpha value is -1.90. The fourth-order valence-electron chi connectivity index (χ4n) is 2.69. The van der Waals surface area contributed by atoms with Crippen molar-refractivity contribution < 1.29 is 13.2 Å². The summed E-state index contributed by atoms with van der Waals surface area (Å²) in [6, 6.07) is 6.61. The number of carbonyl (C=O) groups is 1. The molecule has 1 aromatic heterocycles. The minimum absolute atomic E-state index is 0.166. The molecule has 0 atom stereocenters. The van der Waals surface area contributed by atoms with Gasteiger partial charge in [0.15, 0.2) is 15.7 Å². The fourth-order valence-corrected chi connectivity index (χ4v) is 4.09. The lowest BCUT2D eigenvalue weighted by Crippen LogP contribution is -2.39. The summed E-state index contributed by atoms with van der Waals surface area (Å²) in [4.78, 5) is 14.4. The fraction of sp³-hybridized carbons (Fsp3) is 0.375. The Bertz CT molecular complexity index is 863. The van der Waals surface area contributed by atoms with Crippen molar-refractivity contribution in [3.05, 3.63) is 46.6 Å². The summed E-state index contributed by atoms with van der Waals surface area (Å²) in [6.45, 7) is 1.52. The first-order chi connectivity index (χ1) is 11.8. The number of hydrogen-bond acceptors (Lipinski definition) is 5. The van der Waals surface area contributed by atoms with Crippen LogP contribution in [0.3, 0.4) is 0 Å². The molecule has 0 bridgehead atoms. The predicted octanol–water partition coefficient (Wildman–Crippen LogP) is 1.56. The van der Waals surface area contributed by atoms with Crippen LogP contribution in [0.5, 0.6) is 0 Å². The van der Waals surface area contributed by atoms with Crippen LogP contribution in [-0.4, -0.2) is 53.6 Å². The molecule has 0 spiro atoms. The highest BCUT2D eigenvalue weighted by Crippen LogP contribution is 2.18. The molecule has 25 heavy (non-hydrogen) atoms. The van der Waals surface area contributed by atoms with Crippen LogP contribution in [0.2, 0.25) is 5.02 Å². The van der Waals surface area contributed by atoms with Crippen molar-refractivity contribution in [3.8, 4) is 0 Å². The van der Waals surface area contributed by atoms with Gasteiger partial charge in [-0.25, -0.2) is 8.42 Å². The number of benzene rings is 1. The van der Waals surface area contributed by atoms with Gasteiger partial charge in [0.25, 0.3) is 5.91 Å². The number of nitrogens with one attached hydrogen (secondary N) is 1. The number of carbonyl (C=O) groups excluding carboxylic acids is 1. The van der Waals surface area contributed by atoms with Gasteiger partial charge in [0.1, 0.15) is 0 Å². The summed E-state index contributed by atoms with van der Waals surface area (Å²) in [5.41, 5.74) is 1.34. The zero-order valence-electron chi connectivity index (χ0n) is 13.8. The molecule has 2 heterocycles. The zero-order valence-corrected chi connectivity index (χ0v) is 15.3. The summed E-state index contributed by atoms with van der Waals surface area (Å²) in [7, 11) is -1.13. The molecule has 1 fully saturated rings. The minimum atomic E-state index is -2.91. The van der Waals surface area contributed by atoms with Gasteiger partial charge in [-0.3, -0.25) is 14.4 Å². The van der Waals surface area contributed by atoms with Crippen LogP contribution < -0.4 is 5.32 Å². The summed E-state index contributed by atoms with van der Waals surface area (Å²) in [5.74, 6) is 0.549.